The Kier molecular flexibility index (Phi) is 4.19. The smallest absolute Gasteiger partial charge is 0.167 e. The molecule has 0 unspecified atom stereocenters. The second-order valence-electron chi connectivity index (χ2n) is 7.35. The summed E-state index contributed by atoms with van der Waals surface area (Å²) in [5, 5.41) is 4.27. The second-order valence-corrected chi connectivity index (χ2v) is 7.35. The van der Waals surface area contributed by atoms with Crippen LogP contribution in [0.3, 0.4) is 0 Å². The third kappa shape index (κ3) is 3.00. The minimum absolute atomic E-state index is 0.322. The van der Waals surface area contributed by atoms with Gasteiger partial charge in [-0.05, 0) is 62.5 Å². The monoisotopic (exact) mass is 314 g/mol. The Morgan fingerprint density at radius 2 is 1.96 bits per heavy atom. The van der Waals surface area contributed by atoms with E-state index in [0.29, 0.717) is 17.4 Å². The van der Waals surface area contributed by atoms with E-state index in [0.717, 1.165) is 29.2 Å². The molecular weight excluding hydrogens is 288 g/mol. The maximum Gasteiger partial charge on any atom is 0.167 e. The van der Waals surface area contributed by atoms with Crippen LogP contribution in [-0.2, 0) is 6.42 Å². The van der Waals surface area contributed by atoms with Crippen molar-refractivity contribution in [3.8, 4) is 17.1 Å². The Balaban J connectivity index is 1.68. The van der Waals surface area contributed by atoms with Gasteiger partial charge in [-0.25, -0.2) is 0 Å². The fourth-order valence-corrected chi connectivity index (χ4v) is 3.76. The second kappa shape index (κ2) is 6.00. The first-order valence-electron chi connectivity index (χ1n) is 8.18. The van der Waals surface area contributed by atoms with E-state index in [1.165, 1.54) is 6.42 Å². The highest BCUT2D eigenvalue weighted by Crippen LogP contribution is 2.49. The molecule has 0 spiro atoms. The average molecular weight is 314 g/mol. The van der Waals surface area contributed by atoms with Gasteiger partial charge in [-0.2, -0.15) is 0 Å². The lowest BCUT2D eigenvalue weighted by atomic mass is 9.57. The minimum Gasteiger partial charge on any atom is -0.497 e. The van der Waals surface area contributed by atoms with E-state index in [9.17, 15) is 0 Å². The van der Waals surface area contributed by atoms with Crippen LogP contribution in [0.25, 0.3) is 11.3 Å². The lowest BCUT2D eigenvalue weighted by Crippen LogP contribution is -2.56. The van der Waals surface area contributed by atoms with Crippen LogP contribution in [0.5, 0.6) is 5.75 Å². The number of methoxy groups -OCH3 is 1. The molecule has 3 rings (SSSR count). The van der Waals surface area contributed by atoms with Crippen LogP contribution in [0.2, 0.25) is 0 Å². The molecule has 4 heteroatoms. The normalized spacial score (nSPS) is 22.9. The molecule has 0 aliphatic heterocycles. The van der Waals surface area contributed by atoms with E-state index in [1.54, 1.807) is 7.11 Å². The first kappa shape index (κ1) is 16.1. The Morgan fingerprint density at radius 1 is 1.26 bits per heavy atom. The standard InChI is InChI=1S/C19H26N2O2/c1-19(2)14(11-18(19)21(3)4)10-15-12-17(23-20-15)13-6-8-16(22-5)9-7-13/h6-9,12,14,18H,10-11H2,1-5H3/t14-,18+/m1/s1. The molecule has 2 aromatic rings. The van der Waals surface area contributed by atoms with Crippen molar-refractivity contribution in [2.45, 2.75) is 32.7 Å². The first-order chi connectivity index (χ1) is 10.9. The van der Waals surface area contributed by atoms with Crippen LogP contribution in [-0.4, -0.2) is 37.3 Å². The van der Waals surface area contributed by atoms with Gasteiger partial charge >= 0.3 is 0 Å². The van der Waals surface area contributed by atoms with Gasteiger partial charge in [0.2, 0.25) is 0 Å². The summed E-state index contributed by atoms with van der Waals surface area (Å²) in [4.78, 5) is 2.34. The van der Waals surface area contributed by atoms with E-state index in [1.807, 2.05) is 24.3 Å². The Bertz CT molecular complexity index is 658. The molecular formula is C19H26N2O2. The van der Waals surface area contributed by atoms with Gasteiger partial charge in [0.25, 0.3) is 0 Å². The number of nitrogens with zero attached hydrogens (tertiary/aromatic N) is 2. The third-order valence-corrected chi connectivity index (χ3v) is 5.43. The number of ether oxygens (including phenoxy) is 1. The Hall–Kier alpha value is -1.81. The van der Waals surface area contributed by atoms with E-state index in [-0.39, 0.29) is 0 Å². The third-order valence-electron chi connectivity index (χ3n) is 5.43. The van der Waals surface area contributed by atoms with E-state index in [4.69, 9.17) is 9.26 Å². The maximum atomic E-state index is 5.53. The summed E-state index contributed by atoms with van der Waals surface area (Å²) in [5.41, 5.74) is 2.40. The van der Waals surface area contributed by atoms with Gasteiger partial charge in [0.05, 0.1) is 12.8 Å². The zero-order valence-electron chi connectivity index (χ0n) is 14.7. The molecule has 0 saturated heterocycles. The van der Waals surface area contributed by atoms with E-state index >= 15 is 0 Å². The van der Waals surface area contributed by atoms with Crippen LogP contribution in [0, 0.1) is 11.3 Å². The van der Waals surface area contributed by atoms with Crippen molar-refractivity contribution in [3.05, 3.63) is 36.0 Å². The Morgan fingerprint density at radius 3 is 2.52 bits per heavy atom. The highest BCUT2D eigenvalue weighted by molar-refractivity contribution is 5.58. The summed E-state index contributed by atoms with van der Waals surface area (Å²) in [6.07, 6.45) is 2.21. The molecule has 0 amide bonds. The molecule has 23 heavy (non-hydrogen) atoms. The zero-order valence-corrected chi connectivity index (χ0v) is 14.7. The molecule has 1 heterocycles. The number of benzene rings is 1. The molecule has 1 aromatic heterocycles. The van der Waals surface area contributed by atoms with Crippen molar-refractivity contribution < 1.29 is 9.26 Å². The van der Waals surface area contributed by atoms with Gasteiger partial charge in [-0.1, -0.05) is 19.0 Å². The van der Waals surface area contributed by atoms with Crippen LogP contribution in [0.15, 0.2) is 34.9 Å². The maximum absolute atomic E-state index is 5.53. The molecule has 1 aliphatic rings. The number of aromatic nitrogens is 1. The van der Waals surface area contributed by atoms with E-state index < -0.39 is 0 Å². The summed E-state index contributed by atoms with van der Waals surface area (Å²) in [7, 11) is 6.00. The van der Waals surface area contributed by atoms with Crippen LogP contribution in [0.1, 0.15) is 26.0 Å². The highest BCUT2D eigenvalue weighted by atomic mass is 16.5. The molecule has 0 radical (unpaired) electrons. The summed E-state index contributed by atoms with van der Waals surface area (Å²) in [6.45, 7) is 4.71. The van der Waals surface area contributed by atoms with Crippen LogP contribution < -0.4 is 4.74 Å². The first-order valence-corrected chi connectivity index (χ1v) is 8.18. The molecule has 1 aromatic carbocycles. The minimum atomic E-state index is 0.322. The molecule has 1 saturated carbocycles. The summed E-state index contributed by atoms with van der Waals surface area (Å²) in [6, 6.07) is 10.6. The molecule has 4 nitrogen and oxygen atoms in total. The lowest BCUT2D eigenvalue weighted by Gasteiger charge is -2.55. The fourth-order valence-electron chi connectivity index (χ4n) is 3.76. The van der Waals surface area contributed by atoms with Crippen molar-refractivity contribution in [1.29, 1.82) is 0 Å². The topological polar surface area (TPSA) is 38.5 Å². The zero-order chi connectivity index (χ0) is 16.6. The van der Waals surface area contributed by atoms with Gasteiger partial charge in [0.1, 0.15) is 5.75 Å². The molecule has 2 atom stereocenters. The van der Waals surface area contributed by atoms with Crippen LogP contribution in [0.4, 0.5) is 0 Å². The quantitative estimate of drug-likeness (QED) is 0.840. The number of hydrogen-bond donors (Lipinski definition) is 0. The SMILES string of the molecule is COc1ccc(-c2cc(C[C@@H]3C[C@H](N(C)C)C3(C)C)no2)cc1. The van der Waals surface area contributed by atoms with Crippen LogP contribution >= 0.6 is 0 Å². The van der Waals surface area contributed by atoms with Crippen molar-refractivity contribution in [3.63, 3.8) is 0 Å². The van der Waals surface area contributed by atoms with Gasteiger partial charge in [0.15, 0.2) is 5.76 Å². The number of rotatable bonds is 5. The van der Waals surface area contributed by atoms with E-state index in [2.05, 4.69) is 44.1 Å². The lowest BCUT2D eigenvalue weighted by molar-refractivity contribution is -0.0421. The van der Waals surface area contributed by atoms with Gasteiger partial charge < -0.3 is 14.2 Å². The van der Waals surface area contributed by atoms with Crippen molar-refractivity contribution in [2.75, 3.05) is 21.2 Å². The van der Waals surface area contributed by atoms with Gasteiger partial charge in [-0.15, -0.1) is 0 Å². The Labute approximate surface area is 138 Å². The summed E-state index contributed by atoms with van der Waals surface area (Å²) >= 11 is 0. The van der Waals surface area contributed by atoms with Gasteiger partial charge in [-0.3, -0.25) is 0 Å². The summed E-state index contributed by atoms with van der Waals surface area (Å²) in [5.74, 6) is 2.33. The highest BCUT2D eigenvalue weighted by Gasteiger charge is 2.48. The number of hydrogen-bond acceptors (Lipinski definition) is 4. The predicted octanol–water partition coefficient (Wildman–Crippen LogP) is 3.87. The molecule has 0 bridgehead atoms. The molecule has 124 valence electrons. The predicted molar refractivity (Wildman–Crippen MR) is 91.6 cm³/mol. The molecule has 1 fully saturated rings. The largest absolute Gasteiger partial charge is 0.497 e. The van der Waals surface area contributed by atoms with Crippen molar-refractivity contribution in [2.24, 2.45) is 11.3 Å². The fraction of sp³-hybridized carbons (Fsp3) is 0.526. The average Bonchev–Trinajstić information content (AvgIpc) is 2.99. The molecule has 1 aliphatic carbocycles. The van der Waals surface area contributed by atoms with Crippen molar-refractivity contribution >= 4 is 0 Å². The van der Waals surface area contributed by atoms with Crippen molar-refractivity contribution in [1.82, 2.24) is 10.1 Å². The van der Waals surface area contributed by atoms with Gasteiger partial charge in [0, 0.05) is 17.7 Å². The summed E-state index contributed by atoms with van der Waals surface area (Å²) < 4.78 is 10.7. The molecule has 0 N–H and O–H groups in total.